The van der Waals surface area contributed by atoms with Crippen LogP contribution in [0.15, 0.2) is 30.3 Å². The number of carboxylic acid groups (broad SMARTS) is 1. The van der Waals surface area contributed by atoms with Gasteiger partial charge >= 0.3 is 5.97 Å². The van der Waals surface area contributed by atoms with E-state index in [1.165, 1.54) is 18.7 Å². The summed E-state index contributed by atoms with van der Waals surface area (Å²) in [4.78, 5) is 22.1. The largest absolute Gasteiger partial charge is 0.480 e. The number of hydrogen-bond acceptors (Lipinski definition) is 4. The summed E-state index contributed by atoms with van der Waals surface area (Å²) in [5.41, 5.74) is 1.81. The second-order valence-corrected chi connectivity index (χ2v) is 6.03. The molecule has 1 aliphatic rings. The van der Waals surface area contributed by atoms with Gasteiger partial charge in [0.05, 0.1) is 11.4 Å². The summed E-state index contributed by atoms with van der Waals surface area (Å²) in [7, 11) is 0. The van der Waals surface area contributed by atoms with E-state index in [2.05, 4.69) is 5.32 Å². The van der Waals surface area contributed by atoms with Crippen molar-refractivity contribution in [3.05, 3.63) is 41.5 Å². The van der Waals surface area contributed by atoms with Gasteiger partial charge in [0, 0.05) is 12.7 Å². The fourth-order valence-corrected chi connectivity index (χ4v) is 3.35. The maximum absolute atomic E-state index is 11.1. The lowest BCUT2D eigenvalue weighted by Crippen LogP contribution is -2.42. The molecule has 2 rings (SSSR count). The van der Waals surface area contributed by atoms with Crippen LogP contribution < -0.4 is 5.32 Å². The Bertz CT molecular complexity index is 573. The molecule has 0 heterocycles. The Morgan fingerprint density at radius 2 is 2.10 bits per heavy atom. The van der Waals surface area contributed by atoms with Gasteiger partial charge in [0.1, 0.15) is 6.04 Å². The molecule has 0 bridgehead atoms. The first-order valence-electron chi connectivity index (χ1n) is 6.55. The highest BCUT2D eigenvalue weighted by Gasteiger charge is 2.27. The Morgan fingerprint density at radius 3 is 2.76 bits per heavy atom. The Hall–Kier alpha value is -1.79. The molecule has 0 radical (unpaired) electrons. The summed E-state index contributed by atoms with van der Waals surface area (Å²) in [5, 5.41) is 21.6. The third-order valence-electron chi connectivity index (χ3n) is 3.22. The van der Waals surface area contributed by atoms with E-state index in [9.17, 15) is 14.7 Å². The number of aliphatic hydroxyl groups excluding tert-OH is 1. The molecule has 1 aromatic carbocycles. The van der Waals surface area contributed by atoms with E-state index in [1.54, 1.807) is 0 Å². The van der Waals surface area contributed by atoms with Crippen LogP contribution in [0.4, 0.5) is 0 Å². The monoisotopic (exact) mass is 307 g/mol. The summed E-state index contributed by atoms with van der Waals surface area (Å²) in [6.45, 7) is 1.28. The topological polar surface area (TPSA) is 86.6 Å². The van der Waals surface area contributed by atoms with Gasteiger partial charge in [-0.3, -0.25) is 4.79 Å². The van der Waals surface area contributed by atoms with E-state index in [1.807, 2.05) is 36.4 Å². The van der Waals surface area contributed by atoms with Gasteiger partial charge in [-0.25, -0.2) is 4.79 Å². The van der Waals surface area contributed by atoms with Crippen molar-refractivity contribution in [1.82, 2.24) is 5.32 Å². The minimum atomic E-state index is -1.08. The molecule has 1 aliphatic carbocycles. The molecule has 0 saturated heterocycles. The SMILES string of the molecule is CC(=O)N[C@@H](CS[C@@H]1C=Cc2ccccc2[C@H]1O)C(=O)O. The summed E-state index contributed by atoms with van der Waals surface area (Å²) in [6.07, 6.45) is 3.11. The molecule has 0 fully saturated rings. The molecule has 0 aliphatic heterocycles. The summed E-state index contributed by atoms with van der Waals surface area (Å²) >= 11 is 1.32. The predicted molar refractivity (Wildman–Crippen MR) is 81.9 cm³/mol. The zero-order valence-corrected chi connectivity index (χ0v) is 12.3. The van der Waals surface area contributed by atoms with E-state index in [4.69, 9.17) is 5.11 Å². The average Bonchev–Trinajstić information content (AvgIpc) is 2.45. The minimum Gasteiger partial charge on any atom is -0.480 e. The average molecular weight is 307 g/mol. The Morgan fingerprint density at radius 1 is 1.38 bits per heavy atom. The van der Waals surface area contributed by atoms with Crippen LogP contribution in [0.1, 0.15) is 24.2 Å². The van der Waals surface area contributed by atoms with Crippen LogP contribution in [-0.4, -0.2) is 39.1 Å². The van der Waals surface area contributed by atoms with E-state index >= 15 is 0 Å². The van der Waals surface area contributed by atoms with Crippen molar-refractivity contribution in [2.75, 3.05) is 5.75 Å². The molecule has 5 nitrogen and oxygen atoms in total. The van der Waals surface area contributed by atoms with E-state index in [-0.39, 0.29) is 16.9 Å². The zero-order valence-electron chi connectivity index (χ0n) is 11.5. The van der Waals surface area contributed by atoms with Gasteiger partial charge in [-0.15, -0.1) is 11.8 Å². The van der Waals surface area contributed by atoms with Crippen LogP contribution in [-0.2, 0) is 9.59 Å². The van der Waals surface area contributed by atoms with Gasteiger partial charge in [0.15, 0.2) is 0 Å². The van der Waals surface area contributed by atoms with Crippen LogP contribution >= 0.6 is 11.8 Å². The van der Waals surface area contributed by atoms with Crippen molar-refractivity contribution in [2.24, 2.45) is 0 Å². The standard InChI is InChI=1S/C15H17NO4S/c1-9(17)16-12(15(19)20)8-21-13-7-6-10-4-2-3-5-11(10)14(13)18/h2-7,12-14,18H,8H2,1H3,(H,16,17)(H,19,20)/t12-,13+,14+/m0/s1. The van der Waals surface area contributed by atoms with Crippen LogP contribution in [0.25, 0.3) is 6.08 Å². The molecule has 0 unspecified atom stereocenters. The Balaban J connectivity index is 2.01. The maximum Gasteiger partial charge on any atom is 0.327 e. The predicted octanol–water partition coefficient (Wildman–Crippen LogP) is 1.44. The number of aliphatic carboxylic acids is 1. The van der Waals surface area contributed by atoms with Gasteiger partial charge in [-0.2, -0.15) is 0 Å². The van der Waals surface area contributed by atoms with E-state index < -0.39 is 18.1 Å². The fourth-order valence-electron chi connectivity index (χ4n) is 2.19. The number of aliphatic hydroxyl groups is 1. The number of thioether (sulfide) groups is 1. The second kappa shape index (κ2) is 6.78. The highest BCUT2D eigenvalue weighted by atomic mass is 32.2. The molecule has 0 spiro atoms. The number of amides is 1. The van der Waals surface area contributed by atoms with Gasteiger partial charge in [-0.1, -0.05) is 36.4 Å². The third-order valence-corrected chi connectivity index (χ3v) is 4.55. The van der Waals surface area contributed by atoms with Crippen LogP contribution in [0, 0.1) is 0 Å². The molecular weight excluding hydrogens is 290 g/mol. The molecule has 6 heteroatoms. The number of carbonyl (C=O) groups is 2. The zero-order chi connectivity index (χ0) is 15.4. The Labute approximate surface area is 127 Å². The smallest absolute Gasteiger partial charge is 0.327 e. The molecule has 0 aromatic heterocycles. The molecule has 0 saturated carbocycles. The first-order chi connectivity index (χ1) is 9.99. The number of rotatable bonds is 5. The van der Waals surface area contributed by atoms with Crippen molar-refractivity contribution in [1.29, 1.82) is 0 Å². The molecule has 112 valence electrons. The normalized spacial score (nSPS) is 21.4. The fraction of sp³-hybridized carbons (Fsp3) is 0.333. The number of hydrogen-bond donors (Lipinski definition) is 3. The van der Waals surface area contributed by atoms with Crippen LogP contribution in [0.5, 0.6) is 0 Å². The first-order valence-corrected chi connectivity index (χ1v) is 7.60. The molecule has 21 heavy (non-hydrogen) atoms. The quantitative estimate of drug-likeness (QED) is 0.766. The second-order valence-electron chi connectivity index (χ2n) is 4.82. The van der Waals surface area contributed by atoms with Crippen molar-refractivity contribution >= 4 is 29.7 Å². The highest BCUT2D eigenvalue weighted by Crippen LogP contribution is 2.34. The third kappa shape index (κ3) is 3.86. The van der Waals surface area contributed by atoms with Crippen molar-refractivity contribution in [2.45, 2.75) is 24.3 Å². The first kappa shape index (κ1) is 15.6. The van der Waals surface area contributed by atoms with Crippen molar-refractivity contribution in [3.63, 3.8) is 0 Å². The van der Waals surface area contributed by atoms with Crippen molar-refractivity contribution < 1.29 is 19.8 Å². The van der Waals surface area contributed by atoms with Gasteiger partial charge in [-0.05, 0) is 11.1 Å². The Kier molecular flexibility index (Phi) is 5.03. The summed E-state index contributed by atoms with van der Waals surface area (Å²) in [6, 6.07) is 6.60. The molecule has 3 N–H and O–H groups in total. The van der Waals surface area contributed by atoms with E-state index in [0.717, 1.165) is 11.1 Å². The lowest BCUT2D eigenvalue weighted by molar-refractivity contribution is -0.140. The van der Waals surface area contributed by atoms with Crippen LogP contribution in [0.2, 0.25) is 0 Å². The molecule has 1 aromatic rings. The van der Waals surface area contributed by atoms with E-state index in [0.29, 0.717) is 0 Å². The number of benzene rings is 1. The number of nitrogens with one attached hydrogen (secondary N) is 1. The van der Waals surface area contributed by atoms with Gasteiger partial charge < -0.3 is 15.5 Å². The lowest BCUT2D eigenvalue weighted by atomic mass is 9.95. The molecule has 3 atom stereocenters. The molecule has 1 amide bonds. The van der Waals surface area contributed by atoms with Crippen molar-refractivity contribution in [3.8, 4) is 0 Å². The number of fused-ring (bicyclic) bond motifs is 1. The highest BCUT2D eigenvalue weighted by molar-refractivity contribution is 8.00. The number of carbonyl (C=O) groups excluding carboxylic acids is 1. The lowest BCUT2D eigenvalue weighted by Gasteiger charge is -2.26. The molecular formula is C15H17NO4S. The van der Waals surface area contributed by atoms with Crippen LogP contribution in [0.3, 0.4) is 0 Å². The van der Waals surface area contributed by atoms with Gasteiger partial charge in [0.2, 0.25) is 5.91 Å². The summed E-state index contributed by atoms with van der Waals surface area (Å²) < 4.78 is 0. The minimum absolute atomic E-state index is 0.198. The maximum atomic E-state index is 11.1. The number of carboxylic acids is 1. The summed E-state index contributed by atoms with van der Waals surface area (Å²) in [5.74, 6) is -1.26. The van der Waals surface area contributed by atoms with Gasteiger partial charge in [0.25, 0.3) is 0 Å².